The fraction of sp³-hybridized carbons (Fsp3) is 0.455. The molecule has 1 heteroatoms. The lowest BCUT2D eigenvalue weighted by Crippen LogP contribution is -2.28. The van der Waals surface area contributed by atoms with Crippen molar-refractivity contribution in [1.82, 2.24) is 4.90 Å². The number of hydrogen-bond donors (Lipinski definition) is 0. The first-order valence-electron chi connectivity index (χ1n) is 4.42. The molecule has 0 spiro atoms. The number of likely N-dealkylation sites (tertiary alicyclic amines) is 1. The number of likely N-dealkylation sites (N-methyl/N-ethyl adjacent to an activating group) is 1. The van der Waals surface area contributed by atoms with E-state index in [0.29, 0.717) is 0 Å². The van der Waals surface area contributed by atoms with Crippen LogP contribution < -0.4 is 0 Å². The fourth-order valence-electron chi connectivity index (χ4n) is 1.35. The van der Waals surface area contributed by atoms with Gasteiger partial charge in [-0.1, -0.05) is 24.8 Å². The molecule has 0 aromatic heterocycles. The molecular formula is C11H17N. The van der Waals surface area contributed by atoms with Gasteiger partial charge in [0.25, 0.3) is 0 Å². The third kappa shape index (κ3) is 2.35. The summed E-state index contributed by atoms with van der Waals surface area (Å²) in [6, 6.07) is 0. The SMILES string of the molecule is C=C1CCN(C)C/C1=C/C=C\C. The first kappa shape index (κ1) is 9.27. The van der Waals surface area contributed by atoms with Gasteiger partial charge in [0.05, 0.1) is 0 Å². The summed E-state index contributed by atoms with van der Waals surface area (Å²) in [4.78, 5) is 2.32. The largest absolute Gasteiger partial charge is 0.302 e. The first-order chi connectivity index (χ1) is 5.74. The molecule has 0 atom stereocenters. The molecule has 1 nitrogen and oxygen atoms in total. The first-order valence-corrected chi connectivity index (χ1v) is 4.42. The van der Waals surface area contributed by atoms with E-state index in [9.17, 15) is 0 Å². The predicted molar refractivity (Wildman–Crippen MR) is 54.2 cm³/mol. The quantitative estimate of drug-likeness (QED) is 0.573. The van der Waals surface area contributed by atoms with E-state index in [1.807, 2.05) is 6.92 Å². The zero-order valence-electron chi connectivity index (χ0n) is 8.01. The Kier molecular flexibility index (Phi) is 3.30. The van der Waals surface area contributed by atoms with E-state index in [1.54, 1.807) is 0 Å². The van der Waals surface area contributed by atoms with Gasteiger partial charge in [-0.05, 0) is 31.5 Å². The van der Waals surface area contributed by atoms with Gasteiger partial charge < -0.3 is 4.90 Å². The van der Waals surface area contributed by atoms with E-state index in [4.69, 9.17) is 0 Å². The molecule has 0 unspecified atom stereocenters. The van der Waals surface area contributed by atoms with E-state index in [-0.39, 0.29) is 0 Å². The molecule has 1 fully saturated rings. The minimum atomic E-state index is 1.04. The summed E-state index contributed by atoms with van der Waals surface area (Å²) in [6.07, 6.45) is 7.41. The number of hydrogen-bond acceptors (Lipinski definition) is 1. The lowest BCUT2D eigenvalue weighted by atomic mass is 9.99. The maximum Gasteiger partial charge on any atom is 0.0233 e. The van der Waals surface area contributed by atoms with Crippen LogP contribution in [0.3, 0.4) is 0 Å². The van der Waals surface area contributed by atoms with Crippen molar-refractivity contribution in [3.63, 3.8) is 0 Å². The summed E-state index contributed by atoms with van der Waals surface area (Å²) >= 11 is 0. The van der Waals surface area contributed by atoms with Crippen molar-refractivity contribution < 1.29 is 0 Å². The molecule has 12 heavy (non-hydrogen) atoms. The summed E-state index contributed by atoms with van der Waals surface area (Å²) in [5.74, 6) is 0. The van der Waals surface area contributed by atoms with Crippen molar-refractivity contribution in [2.75, 3.05) is 20.1 Å². The molecule has 0 N–H and O–H groups in total. The van der Waals surface area contributed by atoms with Crippen molar-refractivity contribution in [2.24, 2.45) is 0 Å². The Bertz CT molecular complexity index is 223. The van der Waals surface area contributed by atoms with Crippen molar-refractivity contribution >= 4 is 0 Å². The number of rotatable bonds is 1. The van der Waals surface area contributed by atoms with Gasteiger partial charge in [0.2, 0.25) is 0 Å². The molecule has 1 saturated heterocycles. The van der Waals surface area contributed by atoms with Gasteiger partial charge in [-0.3, -0.25) is 0 Å². The predicted octanol–water partition coefficient (Wildman–Crippen LogP) is 2.38. The second-order valence-electron chi connectivity index (χ2n) is 3.31. The monoisotopic (exact) mass is 163 g/mol. The van der Waals surface area contributed by atoms with Crippen molar-refractivity contribution in [3.8, 4) is 0 Å². The molecule has 66 valence electrons. The molecule has 1 aliphatic heterocycles. The average molecular weight is 163 g/mol. The lowest BCUT2D eigenvalue weighted by molar-refractivity contribution is 0.348. The van der Waals surface area contributed by atoms with Gasteiger partial charge in [0.1, 0.15) is 0 Å². The standard InChI is InChI=1S/C11H17N/c1-4-5-6-11-9-12(3)8-7-10(11)2/h4-6H,2,7-9H2,1,3H3/b5-4-,11-6-. The number of piperidine rings is 1. The van der Waals surface area contributed by atoms with Crippen LogP contribution in [0.25, 0.3) is 0 Å². The highest BCUT2D eigenvalue weighted by Crippen LogP contribution is 2.18. The Morgan fingerprint density at radius 1 is 1.50 bits per heavy atom. The number of nitrogens with zero attached hydrogens (tertiary/aromatic N) is 1. The molecular weight excluding hydrogens is 146 g/mol. The second kappa shape index (κ2) is 4.27. The van der Waals surface area contributed by atoms with E-state index in [0.717, 1.165) is 19.5 Å². The highest BCUT2D eigenvalue weighted by molar-refractivity contribution is 5.34. The Morgan fingerprint density at radius 3 is 2.92 bits per heavy atom. The van der Waals surface area contributed by atoms with Crippen LogP contribution in [0.15, 0.2) is 36.0 Å². The maximum absolute atomic E-state index is 4.05. The topological polar surface area (TPSA) is 3.24 Å². The van der Waals surface area contributed by atoms with E-state index in [2.05, 4.69) is 36.8 Å². The molecule has 0 aromatic rings. The van der Waals surface area contributed by atoms with Crippen LogP contribution in [0.1, 0.15) is 13.3 Å². The van der Waals surface area contributed by atoms with Gasteiger partial charge in [-0.2, -0.15) is 0 Å². The summed E-state index contributed by atoms with van der Waals surface area (Å²) < 4.78 is 0. The highest BCUT2D eigenvalue weighted by atomic mass is 15.1. The molecule has 1 heterocycles. The average Bonchev–Trinajstić information content (AvgIpc) is 2.07. The van der Waals surface area contributed by atoms with Crippen LogP contribution >= 0.6 is 0 Å². The van der Waals surface area contributed by atoms with Gasteiger partial charge in [0, 0.05) is 13.1 Å². The van der Waals surface area contributed by atoms with Crippen molar-refractivity contribution in [2.45, 2.75) is 13.3 Å². The van der Waals surface area contributed by atoms with E-state index < -0.39 is 0 Å². The second-order valence-corrected chi connectivity index (χ2v) is 3.31. The van der Waals surface area contributed by atoms with Crippen LogP contribution in [-0.2, 0) is 0 Å². The smallest absolute Gasteiger partial charge is 0.0233 e. The molecule has 1 rings (SSSR count). The zero-order valence-corrected chi connectivity index (χ0v) is 8.01. The van der Waals surface area contributed by atoms with Gasteiger partial charge in [-0.15, -0.1) is 0 Å². The molecule has 0 bridgehead atoms. The minimum Gasteiger partial charge on any atom is -0.302 e. The van der Waals surface area contributed by atoms with Crippen LogP contribution in [0.5, 0.6) is 0 Å². The zero-order chi connectivity index (χ0) is 8.97. The minimum absolute atomic E-state index is 1.04. The Labute approximate surface area is 75.1 Å². The van der Waals surface area contributed by atoms with E-state index in [1.165, 1.54) is 11.1 Å². The normalized spacial score (nSPS) is 24.2. The summed E-state index contributed by atoms with van der Waals surface area (Å²) in [6.45, 7) is 8.28. The van der Waals surface area contributed by atoms with Crippen molar-refractivity contribution in [3.05, 3.63) is 36.0 Å². The van der Waals surface area contributed by atoms with Crippen LogP contribution in [0.2, 0.25) is 0 Å². The third-order valence-corrected chi connectivity index (χ3v) is 2.18. The highest BCUT2D eigenvalue weighted by Gasteiger charge is 2.12. The van der Waals surface area contributed by atoms with Gasteiger partial charge in [-0.25, -0.2) is 0 Å². The molecule has 0 aromatic carbocycles. The van der Waals surface area contributed by atoms with Crippen LogP contribution in [0.4, 0.5) is 0 Å². The van der Waals surface area contributed by atoms with Crippen LogP contribution in [0, 0.1) is 0 Å². The molecule has 1 aliphatic rings. The summed E-state index contributed by atoms with van der Waals surface area (Å²) in [5, 5.41) is 0. The lowest BCUT2D eigenvalue weighted by Gasteiger charge is -2.26. The summed E-state index contributed by atoms with van der Waals surface area (Å²) in [5.41, 5.74) is 2.67. The molecule has 0 radical (unpaired) electrons. The Balaban J connectivity index is 2.66. The third-order valence-electron chi connectivity index (χ3n) is 2.18. The Morgan fingerprint density at radius 2 is 2.25 bits per heavy atom. The maximum atomic E-state index is 4.05. The van der Waals surface area contributed by atoms with E-state index >= 15 is 0 Å². The number of allylic oxidation sites excluding steroid dienone is 3. The van der Waals surface area contributed by atoms with Crippen molar-refractivity contribution in [1.29, 1.82) is 0 Å². The fourth-order valence-corrected chi connectivity index (χ4v) is 1.35. The molecule has 0 amide bonds. The Hall–Kier alpha value is -0.820. The molecule has 0 saturated carbocycles. The van der Waals surface area contributed by atoms with Crippen LogP contribution in [-0.4, -0.2) is 25.0 Å². The van der Waals surface area contributed by atoms with Gasteiger partial charge in [0.15, 0.2) is 0 Å². The van der Waals surface area contributed by atoms with Gasteiger partial charge >= 0.3 is 0 Å². The molecule has 0 aliphatic carbocycles. The summed E-state index contributed by atoms with van der Waals surface area (Å²) in [7, 11) is 2.15.